The maximum Gasteiger partial charge on any atom is 0.0958 e. The maximum atomic E-state index is 9.98. The summed E-state index contributed by atoms with van der Waals surface area (Å²) in [5.74, 6) is 0. The van der Waals surface area contributed by atoms with Crippen LogP contribution in [0.4, 0.5) is 0 Å². The summed E-state index contributed by atoms with van der Waals surface area (Å²) in [5.41, 5.74) is 4.90. The average Bonchev–Trinajstić information content (AvgIpc) is 2.84. The molecule has 1 aliphatic rings. The minimum absolute atomic E-state index is 0. The molecule has 0 bridgehead atoms. The van der Waals surface area contributed by atoms with Crippen LogP contribution in [0.15, 0.2) is 18.5 Å². The molecule has 2 heterocycles. The largest absolute Gasteiger partial charge is 0.392 e. The molecule has 1 saturated heterocycles. The van der Waals surface area contributed by atoms with E-state index in [0.717, 1.165) is 44.3 Å². The first-order chi connectivity index (χ1) is 10.1. The molecule has 130 valence electrons. The van der Waals surface area contributed by atoms with E-state index in [9.17, 15) is 5.11 Å². The predicted octanol–water partition coefficient (Wildman–Crippen LogP) is 3.39. The Morgan fingerprint density at radius 2 is 2.00 bits per heavy atom. The Bertz CT molecular complexity index is 630. The molecular formula is C17H27Cl2N3O. The van der Waals surface area contributed by atoms with Crippen molar-refractivity contribution in [3.05, 3.63) is 29.6 Å². The van der Waals surface area contributed by atoms with E-state index in [1.807, 2.05) is 6.33 Å². The summed E-state index contributed by atoms with van der Waals surface area (Å²) in [6, 6.07) is 4.65. The van der Waals surface area contributed by atoms with Crippen molar-refractivity contribution in [3.63, 3.8) is 0 Å². The number of benzene rings is 1. The highest BCUT2D eigenvalue weighted by atomic mass is 35.5. The van der Waals surface area contributed by atoms with Crippen LogP contribution in [0, 0.1) is 13.8 Å². The number of imidazole rings is 1. The number of piperidine rings is 1. The van der Waals surface area contributed by atoms with E-state index in [1.54, 1.807) is 0 Å². The monoisotopic (exact) mass is 359 g/mol. The average molecular weight is 360 g/mol. The van der Waals surface area contributed by atoms with Crippen LogP contribution in [0.2, 0.25) is 0 Å². The zero-order valence-electron chi connectivity index (χ0n) is 13.8. The van der Waals surface area contributed by atoms with Gasteiger partial charge in [-0.25, -0.2) is 4.98 Å². The third-order valence-corrected chi connectivity index (χ3v) is 4.70. The number of hydrogen-bond acceptors (Lipinski definition) is 3. The van der Waals surface area contributed by atoms with Gasteiger partial charge in [-0.3, -0.25) is 0 Å². The number of rotatable bonds is 4. The quantitative estimate of drug-likeness (QED) is 0.879. The van der Waals surface area contributed by atoms with Crippen LogP contribution >= 0.6 is 24.8 Å². The first-order valence-electron chi connectivity index (χ1n) is 7.98. The third kappa shape index (κ3) is 4.60. The van der Waals surface area contributed by atoms with E-state index in [-0.39, 0.29) is 37.0 Å². The number of aromatic nitrogens is 2. The summed E-state index contributed by atoms with van der Waals surface area (Å²) < 4.78 is 2.23. The minimum Gasteiger partial charge on any atom is -0.392 e. The number of hydrogen-bond donors (Lipinski definition) is 2. The van der Waals surface area contributed by atoms with Crippen molar-refractivity contribution < 1.29 is 5.11 Å². The molecule has 0 radical (unpaired) electrons. The van der Waals surface area contributed by atoms with Gasteiger partial charge in [0.05, 0.1) is 23.5 Å². The fourth-order valence-electron chi connectivity index (χ4n) is 3.20. The third-order valence-electron chi connectivity index (χ3n) is 4.70. The van der Waals surface area contributed by atoms with Crippen molar-refractivity contribution in [2.45, 2.75) is 58.2 Å². The van der Waals surface area contributed by atoms with Crippen LogP contribution in [0.1, 0.15) is 36.8 Å². The summed E-state index contributed by atoms with van der Waals surface area (Å²) in [7, 11) is 0. The molecule has 1 aliphatic heterocycles. The standard InChI is InChI=1S/C17H25N3O.2ClH/c1-12-9-15-16(10-13(12)2)20(11-19-15)8-4-5-14-17(21)6-3-7-18-14;;/h9-11,14,17-18,21H,3-8H2,1-2H3;2*1H/t14-,17+;;/m1../s1. The highest BCUT2D eigenvalue weighted by molar-refractivity contribution is 5.85. The van der Waals surface area contributed by atoms with Gasteiger partial charge < -0.3 is 15.0 Å². The molecule has 23 heavy (non-hydrogen) atoms. The molecular weight excluding hydrogens is 333 g/mol. The van der Waals surface area contributed by atoms with Gasteiger partial charge in [-0.05, 0) is 69.3 Å². The van der Waals surface area contributed by atoms with Gasteiger partial charge in [-0.1, -0.05) is 0 Å². The Morgan fingerprint density at radius 3 is 2.74 bits per heavy atom. The fourth-order valence-corrected chi connectivity index (χ4v) is 3.20. The lowest BCUT2D eigenvalue weighted by Crippen LogP contribution is -2.44. The van der Waals surface area contributed by atoms with Gasteiger partial charge in [0.25, 0.3) is 0 Å². The molecule has 1 aromatic heterocycles. The van der Waals surface area contributed by atoms with Gasteiger partial charge in [0.2, 0.25) is 0 Å². The second-order valence-electron chi connectivity index (χ2n) is 6.28. The molecule has 0 aliphatic carbocycles. The maximum absolute atomic E-state index is 9.98. The molecule has 3 rings (SSSR count). The Hall–Kier alpha value is -0.810. The first-order valence-corrected chi connectivity index (χ1v) is 7.98. The molecule has 1 aromatic carbocycles. The number of nitrogens with one attached hydrogen (secondary N) is 1. The number of nitrogens with zero attached hydrogens (tertiary/aromatic N) is 2. The van der Waals surface area contributed by atoms with Crippen LogP contribution in [0.25, 0.3) is 11.0 Å². The number of fused-ring (bicyclic) bond motifs is 1. The van der Waals surface area contributed by atoms with Crippen molar-refractivity contribution in [2.75, 3.05) is 6.54 Å². The molecule has 1 fully saturated rings. The van der Waals surface area contributed by atoms with Gasteiger partial charge in [-0.2, -0.15) is 0 Å². The molecule has 0 amide bonds. The summed E-state index contributed by atoms with van der Waals surface area (Å²) in [6.45, 7) is 6.27. The number of aryl methyl sites for hydroxylation is 3. The molecule has 4 nitrogen and oxygen atoms in total. The number of aliphatic hydroxyl groups is 1. The highest BCUT2D eigenvalue weighted by Crippen LogP contribution is 2.19. The summed E-state index contributed by atoms with van der Waals surface area (Å²) in [4.78, 5) is 4.50. The Labute approximate surface area is 150 Å². The zero-order valence-corrected chi connectivity index (χ0v) is 15.4. The van der Waals surface area contributed by atoms with Crippen molar-refractivity contribution in [2.24, 2.45) is 0 Å². The highest BCUT2D eigenvalue weighted by Gasteiger charge is 2.21. The Kier molecular flexibility index (Phi) is 7.81. The van der Waals surface area contributed by atoms with E-state index in [0.29, 0.717) is 0 Å². The van der Waals surface area contributed by atoms with E-state index in [4.69, 9.17) is 0 Å². The summed E-state index contributed by atoms with van der Waals surface area (Å²) in [6.07, 6.45) is 5.86. The normalized spacial score (nSPS) is 20.8. The van der Waals surface area contributed by atoms with Crippen molar-refractivity contribution in [3.8, 4) is 0 Å². The van der Waals surface area contributed by atoms with Crippen LogP contribution in [0.3, 0.4) is 0 Å². The smallest absolute Gasteiger partial charge is 0.0958 e. The zero-order chi connectivity index (χ0) is 14.8. The molecule has 0 unspecified atom stereocenters. The number of aliphatic hydroxyl groups excluding tert-OH is 1. The first kappa shape index (κ1) is 20.2. The van der Waals surface area contributed by atoms with E-state index in [2.05, 4.69) is 40.8 Å². The lowest BCUT2D eigenvalue weighted by atomic mass is 9.97. The molecule has 0 saturated carbocycles. The van der Waals surface area contributed by atoms with E-state index >= 15 is 0 Å². The van der Waals surface area contributed by atoms with Crippen LogP contribution in [-0.2, 0) is 6.54 Å². The van der Waals surface area contributed by atoms with Crippen molar-refractivity contribution in [1.82, 2.24) is 14.9 Å². The van der Waals surface area contributed by atoms with Gasteiger partial charge in [0.1, 0.15) is 0 Å². The predicted molar refractivity (Wildman–Crippen MR) is 100.0 cm³/mol. The molecule has 2 aromatic rings. The summed E-state index contributed by atoms with van der Waals surface area (Å²) in [5, 5.41) is 13.4. The van der Waals surface area contributed by atoms with Gasteiger partial charge in [-0.15, -0.1) is 24.8 Å². The Morgan fingerprint density at radius 1 is 1.26 bits per heavy atom. The Balaban J connectivity index is 0.00000132. The van der Waals surface area contributed by atoms with Gasteiger partial charge >= 0.3 is 0 Å². The van der Waals surface area contributed by atoms with E-state index < -0.39 is 0 Å². The van der Waals surface area contributed by atoms with Crippen molar-refractivity contribution in [1.29, 1.82) is 0 Å². The second-order valence-corrected chi connectivity index (χ2v) is 6.28. The van der Waals surface area contributed by atoms with Crippen LogP contribution in [-0.4, -0.2) is 33.3 Å². The molecule has 6 heteroatoms. The minimum atomic E-state index is -0.178. The lowest BCUT2D eigenvalue weighted by Gasteiger charge is -2.29. The number of halogens is 2. The van der Waals surface area contributed by atoms with Crippen LogP contribution < -0.4 is 5.32 Å². The van der Waals surface area contributed by atoms with Crippen LogP contribution in [0.5, 0.6) is 0 Å². The van der Waals surface area contributed by atoms with Gasteiger partial charge in [0, 0.05) is 12.6 Å². The van der Waals surface area contributed by atoms with E-state index in [1.165, 1.54) is 16.6 Å². The summed E-state index contributed by atoms with van der Waals surface area (Å²) >= 11 is 0. The molecule has 2 atom stereocenters. The second kappa shape index (κ2) is 8.88. The van der Waals surface area contributed by atoms with Crippen molar-refractivity contribution >= 4 is 35.8 Å². The van der Waals surface area contributed by atoms with Gasteiger partial charge in [0.15, 0.2) is 0 Å². The molecule has 2 N–H and O–H groups in total. The topological polar surface area (TPSA) is 50.1 Å². The SMILES string of the molecule is Cc1cc2ncn(CCC[C@H]3NCCC[C@@H]3O)c2cc1C.Cl.Cl. The molecule has 0 spiro atoms. The lowest BCUT2D eigenvalue weighted by molar-refractivity contribution is 0.0909. The fraction of sp³-hybridized carbons (Fsp3) is 0.588.